The first-order valence-electron chi connectivity index (χ1n) is 6.48. The highest BCUT2D eigenvalue weighted by Crippen LogP contribution is 2.27. The van der Waals surface area contributed by atoms with E-state index in [1.54, 1.807) is 27.7 Å². The zero-order valence-electron chi connectivity index (χ0n) is 11.7. The Kier molecular flexibility index (Phi) is 4.57. The monoisotopic (exact) mass is 425 g/mol. The van der Waals surface area contributed by atoms with Crippen LogP contribution in [0.2, 0.25) is 0 Å². The van der Waals surface area contributed by atoms with Crippen molar-refractivity contribution < 1.29 is 4.79 Å². The highest BCUT2D eigenvalue weighted by molar-refractivity contribution is 14.2. The molecule has 0 saturated carbocycles. The smallest absolute Gasteiger partial charge is 0.253 e. The zero-order chi connectivity index (χ0) is 15.5. The van der Waals surface area contributed by atoms with Crippen molar-refractivity contribution in [2.45, 2.75) is 13.5 Å². The highest BCUT2D eigenvalue weighted by atomic mass is 127. The molecule has 22 heavy (non-hydrogen) atoms. The maximum absolute atomic E-state index is 12.2. The van der Waals surface area contributed by atoms with Crippen molar-refractivity contribution in [3.63, 3.8) is 0 Å². The van der Waals surface area contributed by atoms with Crippen LogP contribution in [0, 0.1) is 6.92 Å². The van der Waals surface area contributed by atoms with Crippen LogP contribution >= 0.6 is 30.3 Å². The van der Waals surface area contributed by atoms with E-state index < -0.39 is 0 Å². The van der Waals surface area contributed by atoms with Crippen molar-refractivity contribution in [2.75, 3.05) is 0 Å². The van der Waals surface area contributed by atoms with E-state index in [0.717, 1.165) is 22.2 Å². The molecule has 0 bridgehead atoms. The third-order valence-corrected chi connectivity index (χ3v) is 4.91. The van der Waals surface area contributed by atoms with E-state index in [-0.39, 0.29) is 5.91 Å². The summed E-state index contributed by atoms with van der Waals surface area (Å²) in [6.45, 7) is 2.40. The van der Waals surface area contributed by atoms with Crippen molar-refractivity contribution in [1.82, 2.24) is 24.2 Å². The van der Waals surface area contributed by atoms with E-state index in [9.17, 15) is 4.79 Å². The minimum absolute atomic E-state index is 0.160. The normalized spacial score (nSPS) is 10.8. The van der Waals surface area contributed by atoms with E-state index in [1.165, 1.54) is 6.33 Å². The van der Waals surface area contributed by atoms with Crippen molar-refractivity contribution in [1.29, 1.82) is 0 Å². The number of aromatic nitrogens is 4. The first-order chi connectivity index (χ1) is 10.7. The van der Waals surface area contributed by atoms with Crippen LogP contribution in [0.1, 0.15) is 21.5 Å². The van der Waals surface area contributed by atoms with Gasteiger partial charge in [-0.15, -0.1) is 0 Å². The van der Waals surface area contributed by atoms with Crippen molar-refractivity contribution in [3.8, 4) is 0 Å². The predicted molar refractivity (Wildman–Crippen MR) is 94.7 cm³/mol. The number of carbonyl (C=O) groups excluding carboxylic acids is 1. The van der Waals surface area contributed by atoms with E-state index in [0.29, 0.717) is 12.1 Å². The molecular formula is C14H12IN5OS. The number of pyridine rings is 1. The van der Waals surface area contributed by atoms with Gasteiger partial charge in [0.05, 0.1) is 5.56 Å². The summed E-state index contributed by atoms with van der Waals surface area (Å²) in [5, 5.41) is 3.83. The topological polar surface area (TPSA) is 72.7 Å². The molecule has 0 unspecified atom stereocenters. The molecule has 0 fully saturated rings. The minimum atomic E-state index is -0.160. The largest absolute Gasteiger partial charge is 0.348 e. The second-order valence-corrected chi connectivity index (χ2v) is 6.44. The van der Waals surface area contributed by atoms with Crippen LogP contribution in [-0.2, 0) is 6.54 Å². The summed E-state index contributed by atoms with van der Waals surface area (Å²) in [6, 6.07) is 1.87. The first-order valence-corrected chi connectivity index (χ1v) is 9.79. The van der Waals surface area contributed by atoms with E-state index in [2.05, 4.69) is 41.5 Å². The molecule has 0 saturated heterocycles. The molecule has 3 aromatic heterocycles. The SMILES string of the molecule is Cc1cn(SI)c2ncc(C(=O)NCc3cncnc3)cc12. The van der Waals surface area contributed by atoms with Gasteiger partial charge in [0.15, 0.2) is 5.65 Å². The summed E-state index contributed by atoms with van der Waals surface area (Å²) >= 11 is 2.21. The van der Waals surface area contributed by atoms with Gasteiger partial charge in [0.1, 0.15) is 6.33 Å². The van der Waals surface area contributed by atoms with Crippen LogP contribution in [0.5, 0.6) is 0 Å². The molecule has 0 aliphatic heterocycles. The van der Waals surface area contributed by atoms with E-state index in [1.807, 2.05) is 23.2 Å². The number of fused-ring (bicyclic) bond motifs is 1. The van der Waals surface area contributed by atoms with Gasteiger partial charge in [0, 0.05) is 72.6 Å². The van der Waals surface area contributed by atoms with Gasteiger partial charge in [-0.05, 0) is 18.6 Å². The molecule has 6 nitrogen and oxygen atoms in total. The van der Waals surface area contributed by atoms with Gasteiger partial charge in [-0.25, -0.2) is 15.0 Å². The van der Waals surface area contributed by atoms with Crippen molar-refractivity contribution >= 4 is 47.3 Å². The Labute approximate surface area is 143 Å². The number of nitrogens with one attached hydrogen (secondary N) is 1. The maximum Gasteiger partial charge on any atom is 0.253 e. The molecule has 8 heteroatoms. The van der Waals surface area contributed by atoms with E-state index in [4.69, 9.17) is 0 Å². The van der Waals surface area contributed by atoms with Gasteiger partial charge in [0.25, 0.3) is 5.91 Å². The molecule has 1 amide bonds. The lowest BCUT2D eigenvalue weighted by atomic mass is 10.2. The molecule has 0 aliphatic carbocycles. The number of hydrogen-bond donors (Lipinski definition) is 1. The minimum Gasteiger partial charge on any atom is -0.348 e. The Bertz CT molecular complexity index is 821. The number of carbonyl (C=O) groups is 1. The Balaban J connectivity index is 1.81. The third kappa shape index (κ3) is 3.07. The molecule has 3 rings (SSSR count). The van der Waals surface area contributed by atoms with Crippen LogP contribution in [-0.4, -0.2) is 24.8 Å². The highest BCUT2D eigenvalue weighted by Gasteiger charge is 2.12. The van der Waals surface area contributed by atoms with Gasteiger partial charge in [-0.2, -0.15) is 0 Å². The standard InChI is InChI=1S/C14H12IN5OS/c1-9-7-20(22-15)13-12(9)2-11(6-18-13)14(21)19-5-10-3-16-8-17-4-10/h2-4,6-8H,5H2,1H3,(H,19,21). The van der Waals surface area contributed by atoms with Gasteiger partial charge in [0.2, 0.25) is 0 Å². The average Bonchev–Trinajstić information content (AvgIpc) is 2.89. The number of nitrogens with zero attached hydrogens (tertiary/aromatic N) is 4. The summed E-state index contributed by atoms with van der Waals surface area (Å²) in [4.78, 5) is 24.5. The average molecular weight is 425 g/mol. The number of hydrogen-bond acceptors (Lipinski definition) is 5. The number of aryl methyl sites for hydroxylation is 1. The Morgan fingerprint density at radius 1 is 1.36 bits per heavy atom. The fourth-order valence-corrected chi connectivity index (χ4v) is 3.42. The van der Waals surface area contributed by atoms with Crippen LogP contribution in [0.15, 0.2) is 37.2 Å². The molecule has 0 aliphatic rings. The molecule has 0 spiro atoms. The molecular weight excluding hydrogens is 413 g/mol. The lowest BCUT2D eigenvalue weighted by Crippen LogP contribution is -2.23. The Morgan fingerprint density at radius 2 is 2.14 bits per heavy atom. The molecule has 0 radical (unpaired) electrons. The summed E-state index contributed by atoms with van der Waals surface area (Å²) in [6.07, 6.45) is 8.43. The van der Waals surface area contributed by atoms with Gasteiger partial charge in [-0.1, -0.05) is 0 Å². The van der Waals surface area contributed by atoms with Crippen LogP contribution < -0.4 is 5.32 Å². The fourth-order valence-electron chi connectivity index (χ4n) is 2.11. The predicted octanol–water partition coefficient (Wildman–Crippen LogP) is 2.91. The Hall–Kier alpha value is -1.68. The fraction of sp³-hybridized carbons (Fsp3) is 0.143. The molecule has 0 aromatic carbocycles. The summed E-state index contributed by atoms with van der Waals surface area (Å²) in [5.74, 6) is -0.160. The number of amides is 1. The molecule has 1 N–H and O–H groups in total. The molecule has 3 aromatic rings. The second-order valence-electron chi connectivity index (χ2n) is 4.73. The summed E-state index contributed by atoms with van der Waals surface area (Å²) < 4.78 is 1.98. The number of halogens is 1. The lowest BCUT2D eigenvalue weighted by molar-refractivity contribution is 0.0950. The van der Waals surface area contributed by atoms with Gasteiger partial charge >= 0.3 is 0 Å². The molecule has 3 heterocycles. The third-order valence-electron chi connectivity index (χ3n) is 3.21. The molecule has 0 atom stereocenters. The van der Waals surface area contributed by atoms with E-state index >= 15 is 0 Å². The summed E-state index contributed by atoms with van der Waals surface area (Å²) in [5.41, 5.74) is 3.36. The van der Waals surface area contributed by atoms with Gasteiger partial charge in [-0.3, -0.25) is 8.77 Å². The van der Waals surface area contributed by atoms with Crippen LogP contribution in [0.25, 0.3) is 11.0 Å². The van der Waals surface area contributed by atoms with Crippen molar-refractivity contribution in [2.24, 2.45) is 0 Å². The summed E-state index contributed by atoms with van der Waals surface area (Å²) in [7, 11) is 1.55. The lowest BCUT2D eigenvalue weighted by Gasteiger charge is -2.05. The second kappa shape index (κ2) is 6.61. The first kappa shape index (κ1) is 15.2. The van der Waals surface area contributed by atoms with Crippen LogP contribution in [0.4, 0.5) is 0 Å². The number of rotatable bonds is 4. The van der Waals surface area contributed by atoms with Crippen LogP contribution in [0.3, 0.4) is 0 Å². The molecule has 112 valence electrons. The quantitative estimate of drug-likeness (QED) is 0.651. The zero-order valence-corrected chi connectivity index (χ0v) is 14.6. The Morgan fingerprint density at radius 3 is 2.86 bits per heavy atom. The van der Waals surface area contributed by atoms with Crippen molar-refractivity contribution in [3.05, 3.63) is 53.9 Å². The van der Waals surface area contributed by atoms with Gasteiger partial charge < -0.3 is 5.32 Å². The maximum atomic E-state index is 12.2.